The van der Waals surface area contributed by atoms with Gasteiger partial charge in [0.2, 0.25) is 0 Å². The van der Waals surface area contributed by atoms with Crippen molar-refractivity contribution in [3.8, 4) is 0 Å². The van der Waals surface area contributed by atoms with Gasteiger partial charge in [0.1, 0.15) is 0 Å². The Morgan fingerprint density at radius 1 is 1.19 bits per heavy atom. The summed E-state index contributed by atoms with van der Waals surface area (Å²) >= 11 is 0. The van der Waals surface area contributed by atoms with Crippen LogP contribution in [0.2, 0.25) is 0 Å². The summed E-state index contributed by atoms with van der Waals surface area (Å²) in [4.78, 5) is 24.6. The molecule has 5 heteroatoms. The molecule has 1 saturated heterocycles. The van der Waals surface area contributed by atoms with E-state index in [9.17, 15) is 9.59 Å². The summed E-state index contributed by atoms with van der Waals surface area (Å²) in [7, 11) is 0. The molecule has 0 aromatic carbocycles. The Kier molecular flexibility index (Phi) is 4.15. The zero-order chi connectivity index (χ0) is 12.3. The van der Waals surface area contributed by atoms with Crippen LogP contribution in [0.4, 0.5) is 4.79 Å². The highest BCUT2D eigenvalue weighted by atomic mass is 16.6. The zero-order valence-electron chi connectivity index (χ0n) is 10.2. The van der Waals surface area contributed by atoms with Gasteiger partial charge in [-0.25, -0.2) is 9.59 Å². The van der Waals surface area contributed by atoms with Crippen LogP contribution in [0.15, 0.2) is 0 Å². The molecule has 1 fully saturated rings. The number of carbonyl (C=O) groups excluding carboxylic acids is 2. The van der Waals surface area contributed by atoms with Crippen molar-refractivity contribution >= 4 is 12.1 Å². The molecule has 0 aromatic rings. The number of amides is 1. The number of hydrogen-bond acceptors (Lipinski definition) is 4. The topological polar surface area (TPSA) is 55.6 Å². The predicted octanol–water partition coefficient (Wildman–Crippen LogP) is 1.41. The summed E-state index contributed by atoms with van der Waals surface area (Å²) in [6, 6.07) is -0.544. The number of esters is 1. The molecule has 0 saturated carbocycles. The minimum absolute atomic E-state index is 0.0851. The van der Waals surface area contributed by atoms with Crippen LogP contribution < -0.4 is 0 Å². The molecule has 16 heavy (non-hydrogen) atoms. The van der Waals surface area contributed by atoms with Gasteiger partial charge in [0.25, 0.3) is 0 Å². The van der Waals surface area contributed by atoms with Gasteiger partial charge in [-0.05, 0) is 19.8 Å². The van der Waals surface area contributed by atoms with Crippen molar-refractivity contribution in [1.29, 1.82) is 0 Å². The second-order valence-corrected chi connectivity index (χ2v) is 4.04. The number of nitrogens with zero attached hydrogens (tertiary/aromatic N) is 1. The molecule has 5 nitrogen and oxygen atoms in total. The molecule has 0 radical (unpaired) electrons. The van der Waals surface area contributed by atoms with Crippen LogP contribution >= 0.6 is 0 Å². The zero-order valence-corrected chi connectivity index (χ0v) is 10.2. The lowest BCUT2D eigenvalue weighted by molar-refractivity contribution is -0.143. The van der Waals surface area contributed by atoms with E-state index in [4.69, 9.17) is 9.47 Å². The third-order valence-electron chi connectivity index (χ3n) is 2.54. The Morgan fingerprint density at radius 2 is 1.75 bits per heavy atom. The third-order valence-corrected chi connectivity index (χ3v) is 2.54. The Labute approximate surface area is 95.7 Å². The summed E-state index contributed by atoms with van der Waals surface area (Å²) in [6.07, 6.45) is -0.431. The Bertz CT molecular complexity index is 253. The van der Waals surface area contributed by atoms with Crippen LogP contribution in [-0.4, -0.2) is 42.3 Å². The first-order chi connectivity index (χ1) is 7.54. The Balaban J connectivity index is 2.63. The van der Waals surface area contributed by atoms with Crippen molar-refractivity contribution in [2.24, 2.45) is 5.92 Å². The van der Waals surface area contributed by atoms with E-state index in [2.05, 4.69) is 0 Å². The number of carbonyl (C=O) groups is 2. The van der Waals surface area contributed by atoms with E-state index in [1.807, 2.05) is 13.8 Å². The molecule has 1 aliphatic heterocycles. The maximum atomic E-state index is 11.6. The first-order valence-electron chi connectivity index (χ1n) is 5.66. The van der Waals surface area contributed by atoms with Crippen molar-refractivity contribution < 1.29 is 19.1 Å². The number of hydrogen-bond donors (Lipinski definition) is 0. The van der Waals surface area contributed by atoms with Gasteiger partial charge in [0.15, 0.2) is 6.04 Å². The van der Waals surface area contributed by atoms with Crippen molar-refractivity contribution in [1.82, 2.24) is 4.90 Å². The van der Waals surface area contributed by atoms with Crippen LogP contribution in [0.3, 0.4) is 0 Å². The molecule has 0 aliphatic carbocycles. The van der Waals surface area contributed by atoms with Gasteiger partial charge in [-0.2, -0.15) is 0 Å². The van der Waals surface area contributed by atoms with Crippen LogP contribution in [0.25, 0.3) is 0 Å². The first kappa shape index (κ1) is 12.8. The highest BCUT2D eigenvalue weighted by Crippen LogP contribution is 2.35. The lowest BCUT2D eigenvalue weighted by atomic mass is 10.1. The average molecular weight is 229 g/mol. The number of ether oxygens (including phenoxy) is 2. The fourth-order valence-electron chi connectivity index (χ4n) is 1.85. The van der Waals surface area contributed by atoms with Crippen LogP contribution in [0, 0.1) is 5.92 Å². The SMILES string of the molecule is CCOC(=O)[C@H]1[C@H](C(C)C)N1C(=O)OCC. The van der Waals surface area contributed by atoms with E-state index in [1.54, 1.807) is 13.8 Å². The lowest BCUT2D eigenvalue weighted by Gasteiger charge is -2.05. The molecular formula is C11H19NO4. The van der Waals surface area contributed by atoms with Crippen molar-refractivity contribution in [3.63, 3.8) is 0 Å². The lowest BCUT2D eigenvalue weighted by Crippen LogP contribution is -2.21. The first-order valence-corrected chi connectivity index (χ1v) is 5.66. The molecule has 0 unspecified atom stereocenters. The summed E-state index contributed by atoms with van der Waals surface area (Å²) in [6.45, 7) is 8.07. The van der Waals surface area contributed by atoms with E-state index >= 15 is 0 Å². The highest BCUT2D eigenvalue weighted by molar-refractivity contribution is 5.88. The van der Waals surface area contributed by atoms with Crippen molar-refractivity contribution in [2.75, 3.05) is 13.2 Å². The monoisotopic (exact) mass is 229 g/mol. The van der Waals surface area contributed by atoms with Gasteiger partial charge in [-0.15, -0.1) is 0 Å². The van der Waals surface area contributed by atoms with E-state index < -0.39 is 12.1 Å². The van der Waals surface area contributed by atoms with Gasteiger partial charge >= 0.3 is 12.1 Å². The van der Waals surface area contributed by atoms with E-state index in [0.29, 0.717) is 13.2 Å². The summed E-state index contributed by atoms with van der Waals surface area (Å²) in [5.41, 5.74) is 0. The molecule has 0 aromatic heterocycles. The maximum Gasteiger partial charge on any atom is 0.410 e. The number of rotatable bonds is 4. The van der Waals surface area contributed by atoms with Crippen molar-refractivity contribution in [2.45, 2.75) is 39.8 Å². The van der Waals surface area contributed by atoms with Crippen LogP contribution in [0.5, 0.6) is 0 Å². The average Bonchev–Trinajstić information content (AvgIpc) is 2.93. The van der Waals surface area contributed by atoms with Gasteiger partial charge in [-0.1, -0.05) is 13.8 Å². The fraction of sp³-hybridized carbons (Fsp3) is 0.818. The maximum absolute atomic E-state index is 11.6. The van der Waals surface area contributed by atoms with E-state index in [-0.39, 0.29) is 17.9 Å². The van der Waals surface area contributed by atoms with Crippen LogP contribution in [-0.2, 0) is 14.3 Å². The Hall–Kier alpha value is -1.26. The summed E-state index contributed by atoms with van der Waals surface area (Å²) in [5, 5.41) is 0. The van der Waals surface area contributed by atoms with Gasteiger partial charge in [0, 0.05) is 0 Å². The second-order valence-electron chi connectivity index (χ2n) is 4.04. The summed E-state index contributed by atoms with van der Waals surface area (Å²) < 4.78 is 9.80. The summed E-state index contributed by atoms with van der Waals surface area (Å²) in [5.74, 6) is -0.118. The highest BCUT2D eigenvalue weighted by Gasteiger charge is 2.58. The molecule has 0 bridgehead atoms. The van der Waals surface area contributed by atoms with E-state index in [1.165, 1.54) is 4.90 Å². The molecule has 2 atom stereocenters. The smallest absolute Gasteiger partial charge is 0.410 e. The molecule has 1 heterocycles. The van der Waals surface area contributed by atoms with Crippen LogP contribution in [0.1, 0.15) is 27.7 Å². The van der Waals surface area contributed by atoms with Gasteiger partial charge in [-0.3, -0.25) is 4.90 Å². The largest absolute Gasteiger partial charge is 0.464 e. The normalized spacial score (nSPS) is 23.2. The molecule has 0 spiro atoms. The van der Waals surface area contributed by atoms with Gasteiger partial charge in [0.05, 0.1) is 19.3 Å². The molecule has 0 N–H and O–H groups in total. The molecule has 1 amide bonds. The molecular weight excluding hydrogens is 210 g/mol. The standard InChI is InChI=1S/C11H19NO4/c1-5-15-10(13)9-8(7(3)4)12(9)11(14)16-6-2/h7-9H,5-6H2,1-4H3/t8-,9+,12?/m0/s1. The minimum atomic E-state index is -0.459. The molecule has 1 aliphatic rings. The predicted molar refractivity (Wildman–Crippen MR) is 57.9 cm³/mol. The third kappa shape index (κ3) is 2.46. The minimum Gasteiger partial charge on any atom is -0.464 e. The quantitative estimate of drug-likeness (QED) is 0.540. The van der Waals surface area contributed by atoms with Crippen molar-refractivity contribution in [3.05, 3.63) is 0 Å². The second kappa shape index (κ2) is 5.18. The van der Waals surface area contributed by atoms with E-state index in [0.717, 1.165) is 0 Å². The van der Waals surface area contributed by atoms with Gasteiger partial charge < -0.3 is 9.47 Å². The Morgan fingerprint density at radius 3 is 2.19 bits per heavy atom. The molecule has 1 rings (SSSR count). The molecule has 92 valence electrons. The fourth-order valence-corrected chi connectivity index (χ4v) is 1.85.